The van der Waals surface area contributed by atoms with E-state index in [9.17, 15) is 10.1 Å². The molecular weight excluding hydrogens is 478 g/mol. The molecule has 2 saturated carbocycles. The molecule has 2 heterocycles. The van der Waals surface area contributed by atoms with Crippen LogP contribution in [0.2, 0.25) is 0 Å². The van der Waals surface area contributed by atoms with E-state index in [1.807, 2.05) is 14.0 Å². The lowest BCUT2D eigenvalue weighted by Gasteiger charge is -2.30. The van der Waals surface area contributed by atoms with Gasteiger partial charge in [-0.2, -0.15) is 5.26 Å². The van der Waals surface area contributed by atoms with Crippen LogP contribution in [-0.4, -0.2) is 43.5 Å². The van der Waals surface area contributed by atoms with E-state index in [1.165, 1.54) is 19.3 Å². The lowest BCUT2D eigenvalue weighted by Crippen LogP contribution is -2.25. The van der Waals surface area contributed by atoms with Crippen LogP contribution in [0.3, 0.4) is 0 Å². The van der Waals surface area contributed by atoms with Crippen molar-refractivity contribution in [3.63, 3.8) is 0 Å². The molecule has 200 valence electrons. The summed E-state index contributed by atoms with van der Waals surface area (Å²) >= 11 is 0. The van der Waals surface area contributed by atoms with Crippen LogP contribution >= 0.6 is 0 Å². The maximum atomic E-state index is 10.1. The Morgan fingerprint density at radius 2 is 1.82 bits per heavy atom. The van der Waals surface area contributed by atoms with E-state index < -0.39 is 0 Å². The summed E-state index contributed by atoms with van der Waals surface area (Å²) in [6.07, 6.45) is 8.20. The van der Waals surface area contributed by atoms with Crippen molar-refractivity contribution >= 4 is 23.1 Å². The predicted octanol–water partition coefficient (Wildman–Crippen LogP) is 6.46. The minimum Gasteiger partial charge on any atom is -0.490 e. The van der Waals surface area contributed by atoms with Crippen LogP contribution in [-0.2, 0) is 14.3 Å². The van der Waals surface area contributed by atoms with Crippen LogP contribution in [0.15, 0.2) is 42.5 Å². The van der Waals surface area contributed by atoms with Gasteiger partial charge in [-0.15, -0.1) is 0 Å². The molecule has 1 aliphatic heterocycles. The first-order chi connectivity index (χ1) is 18.6. The van der Waals surface area contributed by atoms with Gasteiger partial charge in [0.25, 0.3) is 6.47 Å². The SMILES string of the molecule is CC(OC=O)C1CC1.CNc1ccc(-c2c(C#N)c3cc(OC4CCOCC4)ccc3n2C2CCC2)cc1. The van der Waals surface area contributed by atoms with Crippen LogP contribution < -0.4 is 10.1 Å². The molecule has 3 fully saturated rings. The van der Waals surface area contributed by atoms with Crippen LogP contribution in [0, 0.1) is 17.2 Å². The third-order valence-electron chi connectivity index (χ3n) is 8.00. The molecule has 0 spiro atoms. The molecule has 2 aliphatic carbocycles. The number of anilines is 1. The van der Waals surface area contributed by atoms with Gasteiger partial charge in [0.2, 0.25) is 0 Å². The molecule has 0 bridgehead atoms. The number of nitrogens with zero attached hydrogens (tertiary/aromatic N) is 2. The predicted molar refractivity (Wildman–Crippen MR) is 148 cm³/mol. The molecule has 1 unspecified atom stereocenters. The number of rotatable bonds is 8. The highest BCUT2D eigenvalue weighted by Gasteiger charge is 2.29. The second kappa shape index (κ2) is 11.9. The van der Waals surface area contributed by atoms with E-state index >= 15 is 0 Å². The Morgan fingerprint density at radius 3 is 2.39 bits per heavy atom. The zero-order valence-electron chi connectivity index (χ0n) is 22.3. The number of fused-ring (bicyclic) bond motifs is 1. The van der Waals surface area contributed by atoms with E-state index in [4.69, 9.17) is 9.47 Å². The van der Waals surface area contributed by atoms with Crippen LogP contribution in [0.4, 0.5) is 5.69 Å². The summed E-state index contributed by atoms with van der Waals surface area (Å²) in [4.78, 5) is 9.73. The van der Waals surface area contributed by atoms with E-state index in [-0.39, 0.29) is 12.2 Å². The van der Waals surface area contributed by atoms with Crippen LogP contribution in [0.1, 0.15) is 63.5 Å². The summed E-state index contributed by atoms with van der Waals surface area (Å²) in [5.41, 5.74) is 5.05. The van der Waals surface area contributed by atoms with Gasteiger partial charge in [-0.3, -0.25) is 4.79 Å². The molecule has 1 atom stereocenters. The number of hydrogen-bond donors (Lipinski definition) is 1. The molecule has 0 radical (unpaired) electrons. The zero-order chi connectivity index (χ0) is 26.5. The van der Waals surface area contributed by atoms with Crippen molar-refractivity contribution in [3.05, 3.63) is 48.0 Å². The average Bonchev–Trinajstić information content (AvgIpc) is 3.73. The van der Waals surface area contributed by atoms with Crippen molar-refractivity contribution in [2.45, 2.75) is 70.1 Å². The molecule has 1 N–H and O–H groups in total. The van der Waals surface area contributed by atoms with Gasteiger partial charge in [0, 0.05) is 37.0 Å². The first-order valence-corrected chi connectivity index (χ1v) is 13.8. The molecule has 6 rings (SSSR count). The molecule has 38 heavy (non-hydrogen) atoms. The van der Waals surface area contributed by atoms with Gasteiger partial charge in [-0.25, -0.2) is 0 Å². The summed E-state index contributed by atoms with van der Waals surface area (Å²) in [6, 6.07) is 17.6. The van der Waals surface area contributed by atoms with Crippen molar-refractivity contribution < 1.29 is 19.0 Å². The fourth-order valence-corrected chi connectivity index (χ4v) is 5.33. The van der Waals surface area contributed by atoms with E-state index in [2.05, 4.69) is 63.2 Å². The van der Waals surface area contributed by atoms with Gasteiger partial charge in [-0.1, -0.05) is 12.1 Å². The average molecular weight is 516 g/mol. The van der Waals surface area contributed by atoms with Gasteiger partial charge < -0.3 is 24.1 Å². The fourth-order valence-electron chi connectivity index (χ4n) is 5.33. The molecule has 1 aromatic heterocycles. The van der Waals surface area contributed by atoms with Gasteiger partial charge in [0.1, 0.15) is 24.0 Å². The number of nitrogens with one attached hydrogen (secondary N) is 1. The summed E-state index contributed by atoms with van der Waals surface area (Å²) in [7, 11) is 1.92. The number of benzene rings is 2. The highest BCUT2D eigenvalue weighted by atomic mass is 16.5. The number of hydrogen-bond acceptors (Lipinski definition) is 6. The Bertz CT molecular complexity index is 1280. The molecule has 7 heteroatoms. The minimum atomic E-state index is 0.160. The third-order valence-corrected chi connectivity index (χ3v) is 8.00. The number of carbonyl (C=O) groups excluding carboxylic acids is 1. The number of aromatic nitrogens is 1. The normalized spacial score (nSPS) is 18.4. The quantitative estimate of drug-likeness (QED) is 0.347. The minimum absolute atomic E-state index is 0.160. The Kier molecular flexibility index (Phi) is 8.19. The van der Waals surface area contributed by atoms with Gasteiger partial charge in [0.05, 0.1) is 30.0 Å². The van der Waals surface area contributed by atoms with Gasteiger partial charge in [0.15, 0.2) is 0 Å². The standard InChI is InChI=1S/C25H27N3O2.C6H10O2/c1-27-18-7-5-17(6-8-18)25-23(16-26)22-15-21(30-20-11-13-29-14-12-20)9-10-24(22)28(25)19-3-2-4-19;1-5(8-4-7)6-2-3-6/h5-10,15,19-20,27H,2-4,11-14H2,1H3;4-6H,2-3H2,1H3. The second-order valence-electron chi connectivity index (χ2n) is 10.5. The Labute approximate surface area is 224 Å². The molecule has 2 aromatic carbocycles. The molecule has 0 amide bonds. The Hall–Kier alpha value is -3.50. The van der Waals surface area contributed by atoms with Crippen molar-refractivity contribution in [2.24, 2.45) is 5.92 Å². The highest BCUT2D eigenvalue weighted by Crippen LogP contribution is 2.43. The van der Waals surface area contributed by atoms with E-state index in [0.29, 0.717) is 18.4 Å². The van der Waals surface area contributed by atoms with Crippen molar-refractivity contribution in [1.82, 2.24) is 4.57 Å². The van der Waals surface area contributed by atoms with Crippen molar-refractivity contribution in [1.29, 1.82) is 5.26 Å². The zero-order valence-corrected chi connectivity index (χ0v) is 22.3. The van der Waals surface area contributed by atoms with Crippen molar-refractivity contribution in [2.75, 3.05) is 25.6 Å². The summed E-state index contributed by atoms with van der Waals surface area (Å²) in [5.74, 6) is 1.51. The third kappa shape index (κ3) is 5.66. The van der Waals surface area contributed by atoms with Gasteiger partial charge >= 0.3 is 0 Å². The largest absolute Gasteiger partial charge is 0.490 e. The lowest BCUT2D eigenvalue weighted by atomic mass is 9.92. The smallest absolute Gasteiger partial charge is 0.293 e. The topological polar surface area (TPSA) is 85.5 Å². The Morgan fingerprint density at radius 1 is 1.08 bits per heavy atom. The van der Waals surface area contributed by atoms with E-state index in [1.54, 1.807) is 0 Å². The molecule has 7 nitrogen and oxygen atoms in total. The first kappa shape index (κ1) is 26.1. The van der Waals surface area contributed by atoms with Crippen LogP contribution in [0.5, 0.6) is 5.75 Å². The Balaban J connectivity index is 0.000000316. The molecule has 3 aliphatic rings. The molecule has 1 saturated heterocycles. The first-order valence-electron chi connectivity index (χ1n) is 13.8. The number of carbonyl (C=O) groups is 1. The fraction of sp³-hybridized carbons (Fsp3) is 0.484. The van der Waals surface area contributed by atoms with Gasteiger partial charge in [-0.05, 0) is 80.8 Å². The van der Waals surface area contributed by atoms with Crippen molar-refractivity contribution in [3.8, 4) is 23.1 Å². The molecular formula is C31H37N3O4. The summed E-state index contributed by atoms with van der Waals surface area (Å²) in [6.45, 7) is 3.97. The summed E-state index contributed by atoms with van der Waals surface area (Å²) < 4.78 is 18.8. The summed E-state index contributed by atoms with van der Waals surface area (Å²) in [5, 5.41) is 14.3. The van der Waals surface area contributed by atoms with Crippen LogP contribution in [0.25, 0.3) is 22.2 Å². The molecule has 3 aromatic rings. The maximum absolute atomic E-state index is 10.1. The number of ether oxygens (including phenoxy) is 3. The monoisotopic (exact) mass is 515 g/mol. The van der Waals surface area contributed by atoms with E-state index in [0.717, 1.165) is 78.1 Å². The second-order valence-corrected chi connectivity index (χ2v) is 10.5. The highest BCUT2D eigenvalue weighted by molar-refractivity contribution is 5.95. The number of nitriles is 1. The lowest BCUT2D eigenvalue weighted by molar-refractivity contribution is -0.133. The maximum Gasteiger partial charge on any atom is 0.293 e.